The Kier molecular flexibility index (Phi) is 6.26. The van der Waals surface area contributed by atoms with Gasteiger partial charge in [-0.05, 0) is 49.8 Å². The second-order valence-electron chi connectivity index (χ2n) is 8.92. The molecule has 2 aromatic carbocycles. The summed E-state index contributed by atoms with van der Waals surface area (Å²) in [5.41, 5.74) is 5.02. The Hall–Kier alpha value is -3.71. The van der Waals surface area contributed by atoms with Gasteiger partial charge in [0.15, 0.2) is 0 Å². The molecule has 1 unspecified atom stereocenters. The number of anilines is 1. The van der Waals surface area contributed by atoms with Crippen molar-refractivity contribution < 1.29 is 14.3 Å². The Morgan fingerprint density at radius 2 is 1.74 bits per heavy atom. The molecule has 2 aromatic heterocycles. The maximum absolute atomic E-state index is 13.8. The summed E-state index contributed by atoms with van der Waals surface area (Å²) in [5, 5.41) is 8.43. The van der Waals surface area contributed by atoms with Crippen LogP contribution in [0.2, 0.25) is 0 Å². The molecule has 6 nitrogen and oxygen atoms in total. The lowest BCUT2D eigenvalue weighted by Crippen LogP contribution is -2.17. The van der Waals surface area contributed by atoms with Gasteiger partial charge in [-0.1, -0.05) is 55.5 Å². The third-order valence-corrected chi connectivity index (χ3v) is 7.69. The molecular formula is C28H27N3O3S. The Morgan fingerprint density at radius 3 is 2.43 bits per heavy atom. The fourth-order valence-electron chi connectivity index (χ4n) is 4.72. The third-order valence-electron chi connectivity index (χ3n) is 6.52. The second-order valence-corrected chi connectivity index (χ2v) is 10.0. The van der Waals surface area contributed by atoms with Gasteiger partial charge in [0.2, 0.25) is 0 Å². The largest absolute Gasteiger partial charge is 0.465 e. The Balaban J connectivity index is 1.60. The average molecular weight is 486 g/mol. The van der Waals surface area contributed by atoms with Crippen LogP contribution in [0.15, 0.2) is 60.7 Å². The normalized spacial score (nSPS) is 14.9. The number of nitrogens with one attached hydrogen (secondary N) is 1. The molecule has 0 aliphatic heterocycles. The van der Waals surface area contributed by atoms with Crippen molar-refractivity contribution >= 4 is 28.2 Å². The zero-order chi connectivity index (χ0) is 24.5. The molecule has 0 saturated heterocycles. The van der Waals surface area contributed by atoms with Gasteiger partial charge in [0.25, 0.3) is 5.91 Å². The van der Waals surface area contributed by atoms with Crippen LogP contribution in [-0.2, 0) is 17.6 Å². The molecule has 1 amide bonds. The minimum Gasteiger partial charge on any atom is -0.465 e. The van der Waals surface area contributed by atoms with Crippen LogP contribution in [0.3, 0.4) is 0 Å². The van der Waals surface area contributed by atoms with E-state index in [0.717, 1.165) is 46.6 Å². The smallest absolute Gasteiger partial charge is 0.341 e. The number of benzene rings is 2. The van der Waals surface area contributed by atoms with Crippen LogP contribution in [0.5, 0.6) is 0 Å². The lowest BCUT2D eigenvalue weighted by atomic mass is 9.88. The number of ether oxygens (including phenoxy) is 1. The number of carbonyl (C=O) groups is 2. The predicted octanol–water partition coefficient (Wildman–Crippen LogP) is 6.07. The number of methoxy groups -OCH3 is 1. The molecule has 178 valence electrons. The van der Waals surface area contributed by atoms with E-state index < -0.39 is 5.97 Å². The number of hydrogen-bond acceptors (Lipinski definition) is 5. The van der Waals surface area contributed by atoms with Crippen molar-refractivity contribution in [3.05, 3.63) is 87.9 Å². The Bertz CT molecular complexity index is 1390. The van der Waals surface area contributed by atoms with Gasteiger partial charge in [0, 0.05) is 10.4 Å². The van der Waals surface area contributed by atoms with Gasteiger partial charge in [-0.25, -0.2) is 9.48 Å². The molecule has 7 heteroatoms. The fourth-order valence-corrected chi connectivity index (χ4v) is 6.11. The van der Waals surface area contributed by atoms with E-state index >= 15 is 0 Å². The molecule has 5 rings (SSSR count). The van der Waals surface area contributed by atoms with E-state index in [1.165, 1.54) is 18.4 Å². The van der Waals surface area contributed by atoms with Crippen LogP contribution >= 0.6 is 11.3 Å². The van der Waals surface area contributed by atoms with Gasteiger partial charge in [-0.2, -0.15) is 5.10 Å². The quantitative estimate of drug-likeness (QED) is 0.348. The lowest BCUT2D eigenvalue weighted by molar-refractivity contribution is 0.0601. The molecule has 0 saturated carbocycles. The first-order valence-corrected chi connectivity index (χ1v) is 12.5. The van der Waals surface area contributed by atoms with Crippen LogP contribution in [0.1, 0.15) is 50.2 Å². The fraction of sp³-hybridized carbons (Fsp3) is 0.250. The number of aromatic nitrogens is 2. The molecule has 0 bridgehead atoms. The summed E-state index contributed by atoms with van der Waals surface area (Å²) < 4.78 is 6.89. The first kappa shape index (κ1) is 23.1. The van der Waals surface area contributed by atoms with Gasteiger partial charge in [-0.15, -0.1) is 11.3 Å². The van der Waals surface area contributed by atoms with Gasteiger partial charge < -0.3 is 10.1 Å². The number of rotatable bonds is 5. The van der Waals surface area contributed by atoms with Crippen LogP contribution in [0, 0.1) is 12.8 Å². The molecule has 4 aromatic rings. The van der Waals surface area contributed by atoms with Gasteiger partial charge in [-0.3, -0.25) is 4.79 Å². The number of thiophene rings is 1. The first-order chi connectivity index (χ1) is 17.0. The van der Waals surface area contributed by atoms with Crippen LogP contribution in [0.4, 0.5) is 5.00 Å². The van der Waals surface area contributed by atoms with Gasteiger partial charge >= 0.3 is 5.97 Å². The van der Waals surface area contributed by atoms with Crippen LogP contribution in [-0.4, -0.2) is 28.8 Å². The van der Waals surface area contributed by atoms with Crippen LogP contribution < -0.4 is 5.32 Å². The summed E-state index contributed by atoms with van der Waals surface area (Å²) in [6.45, 7) is 4.11. The van der Waals surface area contributed by atoms with Crippen molar-refractivity contribution in [2.24, 2.45) is 5.92 Å². The van der Waals surface area contributed by atoms with Crippen molar-refractivity contribution in [1.82, 2.24) is 9.78 Å². The third kappa shape index (κ3) is 4.28. The van der Waals surface area contributed by atoms with Crippen molar-refractivity contribution in [1.29, 1.82) is 0 Å². The van der Waals surface area contributed by atoms with Crippen molar-refractivity contribution in [2.45, 2.75) is 33.1 Å². The van der Waals surface area contributed by atoms with Crippen molar-refractivity contribution in [3.63, 3.8) is 0 Å². The first-order valence-electron chi connectivity index (χ1n) is 11.7. The zero-order valence-corrected chi connectivity index (χ0v) is 20.8. The monoisotopic (exact) mass is 485 g/mol. The molecule has 0 fully saturated rings. The summed E-state index contributed by atoms with van der Waals surface area (Å²) >= 11 is 1.48. The molecule has 35 heavy (non-hydrogen) atoms. The summed E-state index contributed by atoms with van der Waals surface area (Å²) in [7, 11) is 1.38. The highest BCUT2D eigenvalue weighted by Crippen LogP contribution is 2.40. The SMILES string of the molecule is COC(=O)c1c(NC(=O)c2c(-c3ccccc3)nn(-c3ccccc3)c2C)sc2c1CCC(C)C2. The molecule has 0 spiro atoms. The number of fused-ring (bicyclic) bond motifs is 1. The standard InChI is InChI=1S/C28H27N3O3S/c1-17-14-15-21-22(16-17)35-27(24(21)28(33)34-3)29-26(32)23-18(2)31(20-12-8-5-9-13-20)30-25(23)19-10-6-4-7-11-19/h4-13,17H,14-16H2,1-3H3,(H,29,32). The Labute approximate surface area is 208 Å². The van der Waals surface area contributed by atoms with Gasteiger partial charge in [0.05, 0.1) is 29.6 Å². The molecule has 1 atom stereocenters. The summed E-state index contributed by atoms with van der Waals surface area (Å²) in [5.74, 6) is -0.154. The predicted molar refractivity (Wildman–Crippen MR) is 139 cm³/mol. The Morgan fingerprint density at radius 1 is 1.06 bits per heavy atom. The van der Waals surface area contributed by atoms with E-state index in [-0.39, 0.29) is 5.91 Å². The maximum atomic E-state index is 13.8. The van der Waals surface area contributed by atoms with Crippen molar-refractivity contribution in [3.8, 4) is 16.9 Å². The van der Waals surface area contributed by atoms with E-state index in [2.05, 4.69) is 12.2 Å². The highest BCUT2D eigenvalue weighted by molar-refractivity contribution is 7.17. The minimum atomic E-state index is -0.410. The highest BCUT2D eigenvalue weighted by atomic mass is 32.1. The molecular weight excluding hydrogens is 458 g/mol. The van der Waals surface area contributed by atoms with Gasteiger partial charge in [0.1, 0.15) is 10.7 Å². The van der Waals surface area contributed by atoms with Crippen molar-refractivity contribution in [2.75, 3.05) is 12.4 Å². The molecule has 2 heterocycles. The van der Waals surface area contributed by atoms with E-state index in [1.807, 2.05) is 67.6 Å². The van der Waals surface area contributed by atoms with E-state index in [9.17, 15) is 9.59 Å². The topological polar surface area (TPSA) is 73.2 Å². The average Bonchev–Trinajstić information content (AvgIpc) is 3.41. The number of carbonyl (C=O) groups excluding carboxylic acids is 2. The number of esters is 1. The molecule has 1 aliphatic rings. The lowest BCUT2D eigenvalue weighted by Gasteiger charge is -2.18. The maximum Gasteiger partial charge on any atom is 0.341 e. The zero-order valence-electron chi connectivity index (χ0n) is 20.0. The highest BCUT2D eigenvalue weighted by Gasteiger charge is 2.30. The summed E-state index contributed by atoms with van der Waals surface area (Å²) in [4.78, 5) is 27.7. The van der Waals surface area contributed by atoms with Crippen LogP contribution in [0.25, 0.3) is 16.9 Å². The van der Waals surface area contributed by atoms with E-state index in [0.29, 0.717) is 27.7 Å². The summed E-state index contributed by atoms with van der Waals surface area (Å²) in [6, 6.07) is 19.4. The second kappa shape index (κ2) is 9.50. The minimum absolute atomic E-state index is 0.291. The number of nitrogens with zero attached hydrogens (tertiary/aromatic N) is 2. The number of hydrogen-bond donors (Lipinski definition) is 1. The molecule has 1 N–H and O–H groups in total. The van der Waals surface area contributed by atoms with E-state index in [1.54, 1.807) is 4.68 Å². The number of amides is 1. The summed E-state index contributed by atoms with van der Waals surface area (Å²) in [6.07, 6.45) is 2.73. The molecule has 1 aliphatic carbocycles. The van der Waals surface area contributed by atoms with E-state index in [4.69, 9.17) is 9.84 Å². The number of para-hydroxylation sites is 1. The molecule has 0 radical (unpaired) electrons.